The molecule has 1 heterocycles. The van der Waals surface area contributed by atoms with Gasteiger partial charge in [-0.3, -0.25) is 0 Å². The van der Waals surface area contributed by atoms with Crippen LogP contribution in [0.25, 0.3) is 11.0 Å². The first-order valence-corrected chi connectivity index (χ1v) is 7.05. The summed E-state index contributed by atoms with van der Waals surface area (Å²) in [5, 5.41) is 0. The highest BCUT2D eigenvalue weighted by Crippen LogP contribution is 2.26. The van der Waals surface area contributed by atoms with E-state index in [0.29, 0.717) is 5.52 Å². The Hall–Kier alpha value is -1.67. The molecule has 4 N–H and O–H groups in total. The van der Waals surface area contributed by atoms with Crippen molar-refractivity contribution >= 4 is 33.6 Å². The molecule has 0 amide bonds. The Morgan fingerprint density at radius 2 is 1.85 bits per heavy atom. The zero-order valence-corrected chi connectivity index (χ0v) is 12.4. The van der Waals surface area contributed by atoms with Crippen LogP contribution in [0.5, 0.6) is 0 Å². The van der Waals surface area contributed by atoms with Crippen molar-refractivity contribution in [1.82, 2.24) is 9.97 Å². The Morgan fingerprint density at radius 1 is 1.10 bits per heavy atom. The lowest BCUT2D eigenvalue weighted by Gasteiger charge is -2.14. The van der Waals surface area contributed by atoms with Crippen molar-refractivity contribution in [1.29, 1.82) is 0 Å². The van der Waals surface area contributed by atoms with Crippen molar-refractivity contribution in [2.75, 3.05) is 0 Å². The summed E-state index contributed by atoms with van der Waals surface area (Å²) >= 11 is 2.07. The number of rotatable bonds is 2. The van der Waals surface area contributed by atoms with Crippen LogP contribution in [0.15, 0.2) is 41.2 Å². The molecule has 20 heavy (non-hydrogen) atoms. The molecule has 4 nitrogen and oxygen atoms in total. The minimum atomic E-state index is -0.370. The van der Waals surface area contributed by atoms with Gasteiger partial charge in [0, 0.05) is 3.57 Å². The van der Waals surface area contributed by atoms with E-state index in [2.05, 4.69) is 32.6 Å². The number of aromatic amines is 2. The molecule has 2 aromatic carbocycles. The van der Waals surface area contributed by atoms with Gasteiger partial charge in [0.1, 0.15) is 5.82 Å². The van der Waals surface area contributed by atoms with Gasteiger partial charge in [-0.05, 0) is 58.0 Å². The first-order chi connectivity index (χ1) is 9.54. The van der Waals surface area contributed by atoms with E-state index in [9.17, 15) is 9.18 Å². The molecule has 1 atom stereocenters. The van der Waals surface area contributed by atoms with E-state index in [1.165, 1.54) is 12.1 Å². The second kappa shape index (κ2) is 5.02. The molecule has 1 unspecified atom stereocenters. The molecule has 0 spiro atoms. The van der Waals surface area contributed by atoms with Gasteiger partial charge in [0.15, 0.2) is 0 Å². The smallest absolute Gasteiger partial charge is 0.320 e. The Kier molecular flexibility index (Phi) is 3.35. The number of H-pyrrole nitrogens is 2. The molecule has 0 bridgehead atoms. The third-order valence-electron chi connectivity index (χ3n) is 3.20. The van der Waals surface area contributed by atoms with Gasteiger partial charge in [-0.1, -0.05) is 12.1 Å². The number of hydrogen-bond acceptors (Lipinski definition) is 2. The molecule has 1 aromatic heterocycles. The Balaban J connectivity index is 2.06. The van der Waals surface area contributed by atoms with E-state index in [0.717, 1.165) is 20.2 Å². The van der Waals surface area contributed by atoms with Gasteiger partial charge in [-0.2, -0.15) is 0 Å². The van der Waals surface area contributed by atoms with E-state index in [4.69, 9.17) is 5.73 Å². The summed E-state index contributed by atoms with van der Waals surface area (Å²) in [7, 11) is 0. The quantitative estimate of drug-likeness (QED) is 0.596. The van der Waals surface area contributed by atoms with Crippen LogP contribution in [0.3, 0.4) is 0 Å². The number of nitrogens with two attached hydrogens (primary N) is 1. The van der Waals surface area contributed by atoms with Crippen molar-refractivity contribution < 1.29 is 4.39 Å². The van der Waals surface area contributed by atoms with E-state index < -0.39 is 0 Å². The summed E-state index contributed by atoms with van der Waals surface area (Å²) in [5.41, 5.74) is 9.14. The zero-order valence-electron chi connectivity index (χ0n) is 10.3. The normalized spacial score (nSPS) is 12.8. The number of benzene rings is 2. The first-order valence-electron chi connectivity index (χ1n) is 5.97. The monoisotopic (exact) mass is 383 g/mol. The number of hydrogen-bond donors (Lipinski definition) is 3. The van der Waals surface area contributed by atoms with Crippen LogP contribution in [0.1, 0.15) is 17.2 Å². The van der Waals surface area contributed by atoms with Gasteiger partial charge in [0.2, 0.25) is 0 Å². The lowest BCUT2D eigenvalue weighted by atomic mass is 9.99. The summed E-state index contributed by atoms with van der Waals surface area (Å²) in [6.45, 7) is 0. The van der Waals surface area contributed by atoms with Crippen molar-refractivity contribution in [3.63, 3.8) is 0 Å². The van der Waals surface area contributed by atoms with Crippen LogP contribution in [-0.2, 0) is 0 Å². The summed E-state index contributed by atoms with van der Waals surface area (Å²) in [5.74, 6) is -0.282. The van der Waals surface area contributed by atoms with Crippen LogP contribution in [-0.4, -0.2) is 9.97 Å². The minimum absolute atomic E-state index is 0.248. The van der Waals surface area contributed by atoms with Crippen molar-refractivity contribution in [3.8, 4) is 0 Å². The number of imidazole rings is 1. The number of halogens is 2. The summed E-state index contributed by atoms with van der Waals surface area (Å²) < 4.78 is 13.9. The van der Waals surface area contributed by atoms with Crippen LogP contribution < -0.4 is 11.4 Å². The third-order valence-corrected chi connectivity index (χ3v) is 4.13. The van der Waals surface area contributed by atoms with E-state index in [-0.39, 0.29) is 17.5 Å². The van der Waals surface area contributed by atoms with Gasteiger partial charge in [0.25, 0.3) is 0 Å². The molecule has 0 aliphatic carbocycles. The summed E-state index contributed by atoms with van der Waals surface area (Å²) in [4.78, 5) is 16.6. The lowest BCUT2D eigenvalue weighted by Crippen LogP contribution is -2.13. The largest absolute Gasteiger partial charge is 0.323 e. The number of nitrogens with one attached hydrogen (secondary N) is 2. The van der Waals surface area contributed by atoms with Gasteiger partial charge in [-0.25, -0.2) is 9.18 Å². The standard InChI is InChI=1S/C14H11FIN3O/c15-8-2-3-9(10(16)6-8)13(17)7-1-4-11-12(5-7)19-14(20)18-11/h1-6,13H,17H2,(H2,18,19,20). The fraction of sp³-hybridized carbons (Fsp3) is 0.0714. The lowest BCUT2D eigenvalue weighted by molar-refractivity contribution is 0.625. The molecule has 0 radical (unpaired) electrons. The maximum atomic E-state index is 13.1. The second-order valence-corrected chi connectivity index (χ2v) is 5.69. The maximum absolute atomic E-state index is 13.1. The first kappa shape index (κ1) is 13.3. The molecular formula is C14H11FIN3O. The molecule has 0 aliphatic heterocycles. The molecule has 0 saturated carbocycles. The fourth-order valence-electron chi connectivity index (χ4n) is 2.18. The Labute approximate surface area is 127 Å². The van der Waals surface area contributed by atoms with E-state index in [1.54, 1.807) is 12.1 Å². The highest BCUT2D eigenvalue weighted by atomic mass is 127. The maximum Gasteiger partial charge on any atom is 0.323 e. The van der Waals surface area contributed by atoms with Gasteiger partial charge in [0.05, 0.1) is 17.1 Å². The topological polar surface area (TPSA) is 74.7 Å². The van der Waals surface area contributed by atoms with Crippen LogP contribution >= 0.6 is 22.6 Å². The van der Waals surface area contributed by atoms with Crippen LogP contribution in [0.2, 0.25) is 0 Å². The van der Waals surface area contributed by atoms with Gasteiger partial charge >= 0.3 is 5.69 Å². The SMILES string of the molecule is NC(c1ccc2[nH]c(=O)[nH]c2c1)c1ccc(F)cc1I. The molecule has 0 saturated heterocycles. The fourth-order valence-corrected chi connectivity index (χ4v) is 2.99. The highest BCUT2D eigenvalue weighted by Gasteiger charge is 2.13. The molecule has 0 aliphatic rings. The van der Waals surface area contributed by atoms with Gasteiger partial charge in [-0.15, -0.1) is 0 Å². The molecule has 102 valence electrons. The van der Waals surface area contributed by atoms with E-state index in [1.807, 2.05) is 12.1 Å². The minimum Gasteiger partial charge on any atom is -0.320 e. The second-order valence-electron chi connectivity index (χ2n) is 4.53. The van der Waals surface area contributed by atoms with Crippen molar-refractivity contribution in [2.24, 2.45) is 5.73 Å². The van der Waals surface area contributed by atoms with Crippen LogP contribution in [0, 0.1) is 9.39 Å². The summed E-state index contributed by atoms with van der Waals surface area (Å²) in [6, 6.07) is 9.66. The highest BCUT2D eigenvalue weighted by molar-refractivity contribution is 14.1. The van der Waals surface area contributed by atoms with Gasteiger partial charge < -0.3 is 15.7 Å². The van der Waals surface area contributed by atoms with Crippen molar-refractivity contribution in [3.05, 3.63) is 67.4 Å². The molecule has 3 aromatic rings. The Morgan fingerprint density at radius 3 is 2.60 bits per heavy atom. The van der Waals surface area contributed by atoms with Crippen molar-refractivity contribution in [2.45, 2.75) is 6.04 Å². The molecular weight excluding hydrogens is 372 g/mol. The average molecular weight is 383 g/mol. The zero-order chi connectivity index (χ0) is 14.3. The number of fused-ring (bicyclic) bond motifs is 1. The van der Waals surface area contributed by atoms with Crippen LogP contribution in [0.4, 0.5) is 4.39 Å². The number of aromatic nitrogens is 2. The molecule has 6 heteroatoms. The predicted molar refractivity (Wildman–Crippen MR) is 84.1 cm³/mol. The summed E-state index contributed by atoms with van der Waals surface area (Å²) in [6.07, 6.45) is 0. The predicted octanol–water partition coefficient (Wildman–Crippen LogP) is 2.65. The molecule has 0 fully saturated rings. The Bertz CT molecular complexity index is 840. The molecule has 3 rings (SSSR count). The van der Waals surface area contributed by atoms with E-state index >= 15 is 0 Å². The average Bonchev–Trinajstić information content (AvgIpc) is 2.77. The third kappa shape index (κ3) is 2.36.